The molecule has 2 N–H and O–H groups in total. The highest BCUT2D eigenvalue weighted by atomic mass is 32.2. The van der Waals surface area contributed by atoms with Crippen LogP contribution in [0.5, 0.6) is 11.6 Å². The molecular weight excluding hydrogens is 472 g/mol. The van der Waals surface area contributed by atoms with Crippen LogP contribution in [0.3, 0.4) is 0 Å². The molecule has 0 spiro atoms. The van der Waals surface area contributed by atoms with E-state index in [9.17, 15) is 14.7 Å². The molecule has 4 aromatic rings. The Kier molecular flexibility index (Phi) is 7.49. The van der Waals surface area contributed by atoms with Gasteiger partial charge in [0, 0.05) is 0 Å². The van der Waals surface area contributed by atoms with Crippen LogP contribution in [0, 0.1) is 0 Å². The molecular formula is C24H24N4O4S2. The zero-order valence-electron chi connectivity index (χ0n) is 18.8. The van der Waals surface area contributed by atoms with Crippen molar-refractivity contribution in [3.8, 4) is 17.3 Å². The molecule has 2 heterocycles. The molecule has 34 heavy (non-hydrogen) atoms. The highest BCUT2D eigenvalue weighted by Crippen LogP contribution is 2.29. The minimum absolute atomic E-state index is 0.0226. The number of thioether (sulfide) groups is 1. The van der Waals surface area contributed by atoms with Crippen molar-refractivity contribution >= 4 is 44.4 Å². The summed E-state index contributed by atoms with van der Waals surface area (Å²) >= 11 is 2.44. The van der Waals surface area contributed by atoms with E-state index in [1.807, 2.05) is 31.2 Å². The number of carbonyl (C=O) groups excluding carboxylic acids is 1. The maximum absolute atomic E-state index is 13.4. The molecule has 176 valence electrons. The number of thiazole rings is 1. The van der Waals surface area contributed by atoms with Gasteiger partial charge in [-0.1, -0.05) is 60.7 Å². The normalized spacial score (nSPS) is 11.0. The number of nitrogens with one attached hydrogen (secondary N) is 1. The van der Waals surface area contributed by atoms with Gasteiger partial charge >= 0.3 is 0 Å². The van der Waals surface area contributed by atoms with Crippen molar-refractivity contribution in [2.75, 3.05) is 18.2 Å². The van der Waals surface area contributed by atoms with Crippen LogP contribution in [0.2, 0.25) is 0 Å². The van der Waals surface area contributed by atoms with E-state index < -0.39 is 0 Å². The van der Waals surface area contributed by atoms with Crippen molar-refractivity contribution in [1.82, 2.24) is 14.5 Å². The van der Waals surface area contributed by atoms with Gasteiger partial charge in [-0.3, -0.25) is 14.2 Å². The molecule has 0 saturated heterocycles. The summed E-state index contributed by atoms with van der Waals surface area (Å²) in [6, 6.07) is 14.7. The van der Waals surface area contributed by atoms with E-state index in [4.69, 9.17) is 4.74 Å². The van der Waals surface area contributed by atoms with Gasteiger partial charge in [0.2, 0.25) is 11.8 Å². The molecule has 4 rings (SSSR count). The number of aromatic hydroxyl groups is 1. The number of fused-ring (bicyclic) bond motifs is 1. The van der Waals surface area contributed by atoms with Gasteiger partial charge < -0.3 is 15.2 Å². The number of carbonyl (C=O) groups is 1. The number of ether oxygens (including phenoxy) is 1. The summed E-state index contributed by atoms with van der Waals surface area (Å²) in [4.78, 5) is 34.7. The number of aromatic nitrogens is 3. The first-order valence-corrected chi connectivity index (χ1v) is 12.6. The largest absolute Gasteiger partial charge is 0.495 e. The molecule has 0 aliphatic heterocycles. The van der Waals surface area contributed by atoms with Crippen molar-refractivity contribution < 1.29 is 14.6 Å². The summed E-state index contributed by atoms with van der Waals surface area (Å²) in [5.74, 6) is -0.136. The Morgan fingerprint density at radius 2 is 1.94 bits per heavy atom. The summed E-state index contributed by atoms with van der Waals surface area (Å²) in [6.45, 7) is 2.01. The Morgan fingerprint density at radius 3 is 2.71 bits per heavy atom. The fourth-order valence-electron chi connectivity index (χ4n) is 3.43. The molecule has 2 aromatic carbocycles. The number of rotatable bonds is 9. The predicted molar refractivity (Wildman–Crippen MR) is 136 cm³/mol. The molecule has 0 bridgehead atoms. The van der Waals surface area contributed by atoms with Crippen LogP contribution in [0.1, 0.15) is 25.3 Å². The smallest absolute Gasteiger partial charge is 0.265 e. The van der Waals surface area contributed by atoms with Gasteiger partial charge in [0.05, 0.1) is 34.3 Å². The lowest BCUT2D eigenvalue weighted by Gasteiger charge is -2.16. The van der Waals surface area contributed by atoms with E-state index in [0.717, 1.165) is 34.8 Å². The first kappa shape index (κ1) is 23.8. The number of anilines is 1. The topological polar surface area (TPSA) is 106 Å². The zero-order valence-corrected chi connectivity index (χ0v) is 20.4. The minimum atomic E-state index is -0.375. The van der Waals surface area contributed by atoms with Gasteiger partial charge in [-0.2, -0.15) is 4.98 Å². The lowest BCUT2D eigenvalue weighted by Crippen LogP contribution is -2.26. The molecule has 0 atom stereocenters. The molecule has 0 radical (unpaired) electrons. The minimum Gasteiger partial charge on any atom is -0.495 e. The highest BCUT2D eigenvalue weighted by molar-refractivity contribution is 7.99. The maximum atomic E-state index is 13.4. The van der Waals surface area contributed by atoms with E-state index in [2.05, 4.69) is 15.3 Å². The summed E-state index contributed by atoms with van der Waals surface area (Å²) in [7, 11) is 1.52. The third kappa shape index (κ3) is 5.07. The Hall–Kier alpha value is -3.37. The number of hydrogen-bond acceptors (Lipinski definition) is 8. The van der Waals surface area contributed by atoms with Crippen molar-refractivity contribution in [2.24, 2.45) is 0 Å². The third-order valence-electron chi connectivity index (χ3n) is 5.10. The molecule has 8 nitrogen and oxygen atoms in total. The summed E-state index contributed by atoms with van der Waals surface area (Å²) in [5, 5.41) is 14.0. The average molecular weight is 497 g/mol. The first-order chi connectivity index (χ1) is 16.5. The predicted octanol–water partition coefficient (Wildman–Crippen LogP) is 4.63. The van der Waals surface area contributed by atoms with E-state index in [-0.39, 0.29) is 33.8 Å². The lowest BCUT2D eigenvalue weighted by molar-refractivity contribution is -0.113. The van der Waals surface area contributed by atoms with Crippen molar-refractivity contribution in [2.45, 2.75) is 31.3 Å². The monoisotopic (exact) mass is 496 g/mol. The molecule has 0 unspecified atom stereocenters. The van der Waals surface area contributed by atoms with Crippen molar-refractivity contribution in [1.29, 1.82) is 0 Å². The first-order valence-electron chi connectivity index (χ1n) is 10.8. The van der Waals surface area contributed by atoms with Gasteiger partial charge in [-0.15, -0.1) is 0 Å². The van der Waals surface area contributed by atoms with Crippen molar-refractivity contribution in [3.63, 3.8) is 0 Å². The number of hydrogen-bond donors (Lipinski definition) is 2. The average Bonchev–Trinajstić information content (AvgIpc) is 3.25. The quantitative estimate of drug-likeness (QED) is 0.257. The molecule has 0 aliphatic rings. The van der Waals surface area contributed by atoms with E-state index in [1.54, 1.807) is 24.3 Å². The van der Waals surface area contributed by atoms with E-state index >= 15 is 0 Å². The number of amides is 1. The Balaban J connectivity index is 1.63. The summed E-state index contributed by atoms with van der Waals surface area (Å²) in [5.41, 5.74) is 1.18. The van der Waals surface area contributed by atoms with Gasteiger partial charge in [0.15, 0.2) is 10.3 Å². The molecule has 0 fully saturated rings. The van der Waals surface area contributed by atoms with Gasteiger partial charge in [0.25, 0.3) is 5.56 Å². The van der Waals surface area contributed by atoms with Crippen LogP contribution in [0.15, 0.2) is 58.5 Å². The van der Waals surface area contributed by atoms with Crippen LogP contribution >= 0.6 is 23.1 Å². The standard InChI is InChI=1S/C24H24N4O4S2/c1-3-4-9-15-21(30)27-24(28(22(15)31)17-11-6-7-12-18(17)32-2)33-14-20(29)26-23-25-16-10-5-8-13-19(16)34-23/h5-8,10-13,30H,3-4,9,14H2,1-2H3,(H,25,26,29). The van der Waals surface area contributed by atoms with Gasteiger partial charge in [0.1, 0.15) is 5.75 Å². The fourth-order valence-corrected chi connectivity index (χ4v) is 5.11. The maximum Gasteiger partial charge on any atom is 0.265 e. The number of methoxy groups -OCH3 is 1. The summed E-state index contributed by atoms with van der Waals surface area (Å²) < 4.78 is 7.83. The second kappa shape index (κ2) is 10.7. The number of nitrogens with zero attached hydrogens (tertiary/aromatic N) is 3. The second-order valence-electron chi connectivity index (χ2n) is 7.44. The second-order valence-corrected chi connectivity index (χ2v) is 9.41. The fraction of sp³-hybridized carbons (Fsp3) is 0.250. The number of benzene rings is 2. The van der Waals surface area contributed by atoms with Crippen LogP contribution in [0.4, 0.5) is 5.13 Å². The molecule has 1 amide bonds. The van der Waals surface area contributed by atoms with E-state index in [1.165, 1.54) is 23.0 Å². The van der Waals surface area contributed by atoms with Crippen LogP contribution in [-0.4, -0.2) is 38.4 Å². The highest BCUT2D eigenvalue weighted by Gasteiger charge is 2.21. The Labute approximate surface area is 204 Å². The Morgan fingerprint density at radius 1 is 1.18 bits per heavy atom. The lowest BCUT2D eigenvalue weighted by atomic mass is 10.1. The Bertz CT molecular complexity index is 1350. The van der Waals surface area contributed by atoms with E-state index in [0.29, 0.717) is 23.0 Å². The molecule has 2 aromatic heterocycles. The number of para-hydroxylation sites is 3. The van der Waals surface area contributed by atoms with Crippen LogP contribution in [-0.2, 0) is 11.2 Å². The van der Waals surface area contributed by atoms with Gasteiger partial charge in [-0.25, -0.2) is 4.98 Å². The summed E-state index contributed by atoms with van der Waals surface area (Å²) in [6.07, 6.45) is 2.02. The third-order valence-corrected chi connectivity index (χ3v) is 6.99. The number of unbranched alkanes of at least 4 members (excludes halogenated alkanes) is 1. The zero-order chi connectivity index (χ0) is 24.1. The molecule has 10 heteroatoms. The van der Waals surface area contributed by atoms with Gasteiger partial charge in [-0.05, 0) is 37.1 Å². The SMILES string of the molecule is CCCCc1c(O)nc(SCC(=O)Nc2nc3ccccc3s2)n(-c2ccccc2OC)c1=O. The van der Waals surface area contributed by atoms with Crippen LogP contribution < -0.4 is 15.6 Å². The molecule has 0 aliphatic carbocycles. The van der Waals surface area contributed by atoms with Crippen LogP contribution in [0.25, 0.3) is 15.9 Å². The van der Waals surface area contributed by atoms with Crippen molar-refractivity contribution in [3.05, 3.63) is 64.4 Å². The molecule has 0 saturated carbocycles.